The second-order valence-electron chi connectivity index (χ2n) is 7.97. The third-order valence-electron chi connectivity index (χ3n) is 6.28. The van der Waals surface area contributed by atoms with Crippen molar-refractivity contribution in [3.63, 3.8) is 0 Å². The van der Waals surface area contributed by atoms with Crippen molar-refractivity contribution < 1.29 is 23.7 Å². The molecule has 30 heavy (non-hydrogen) atoms. The molecule has 3 aliphatic rings. The Morgan fingerprint density at radius 2 is 1.90 bits per heavy atom. The van der Waals surface area contributed by atoms with E-state index in [9.17, 15) is 4.79 Å². The average Bonchev–Trinajstić information content (AvgIpc) is 3.39. The predicted octanol–water partition coefficient (Wildman–Crippen LogP) is 2.93. The molecule has 158 valence electrons. The van der Waals surface area contributed by atoms with Crippen LogP contribution < -0.4 is 25.3 Å². The number of nitrogens with two attached hydrogens (primary N) is 1. The number of unbranched alkanes of at least 4 members (excludes halogenated alkanes) is 1. The van der Waals surface area contributed by atoms with E-state index in [1.807, 2.05) is 30.3 Å². The number of hydrogen-bond acceptors (Lipinski definition) is 6. The van der Waals surface area contributed by atoms with Gasteiger partial charge < -0.3 is 30.0 Å². The number of methoxy groups -OCH3 is 1. The number of amides is 1. The zero-order valence-electron chi connectivity index (χ0n) is 16.9. The van der Waals surface area contributed by atoms with Gasteiger partial charge in [0, 0.05) is 23.6 Å². The normalized spacial score (nSPS) is 28.1. The maximum Gasteiger partial charge on any atom is 0.407 e. The fourth-order valence-electron chi connectivity index (χ4n) is 5.04. The van der Waals surface area contributed by atoms with Crippen molar-refractivity contribution in [1.82, 2.24) is 5.32 Å². The molecule has 7 nitrogen and oxygen atoms in total. The van der Waals surface area contributed by atoms with Gasteiger partial charge in [-0.3, -0.25) is 0 Å². The lowest BCUT2D eigenvalue weighted by atomic mass is 9.90. The standard InChI is InChI=1S/C23H26N2O5/c1-27-15-11-14(28-10-6-5-9-24)12-16-18(15)19-21(29-16)17(13-7-3-2-4-8-13)20-22(19)30-23(26)25-20/h2-4,7-8,11-12,17,19-22H,5-6,9-10,24H2,1H3,(H,25,26)/t17-,19?,20?,21?,22?/m1/s1. The molecule has 4 unspecified atom stereocenters. The SMILES string of the molecule is COc1cc(OCCCCN)cc2c1C1C3OC(=O)NC3[C@@H](c3ccccc3)C1O2. The van der Waals surface area contributed by atoms with Crippen LogP contribution in [0.4, 0.5) is 4.79 Å². The van der Waals surface area contributed by atoms with Gasteiger partial charge in [-0.1, -0.05) is 30.3 Å². The van der Waals surface area contributed by atoms with Crippen molar-refractivity contribution in [1.29, 1.82) is 0 Å². The molecule has 0 aromatic heterocycles. The maximum atomic E-state index is 12.1. The van der Waals surface area contributed by atoms with Crippen molar-refractivity contribution in [2.24, 2.45) is 5.73 Å². The molecule has 1 saturated heterocycles. The van der Waals surface area contributed by atoms with Crippen LogP contribution in [0.1, 0.15) is 35.8 Å². The fourth-order valence-corrected chi connectivity index (χ4v) is 5.04. The van der Waals surface area contributed by atoms with Gasteiger partial charge in [-0.2, -0.15) is 0 Å². The van der Waals surface area contributed by atoms with Crippen molar-refractivity contribution in [3.8, 4) is 17.2 Å². The summed E-state index contributed by atoms with van der Waals surface area (Å²) in [5, 5.41) is 3.00. The summed E-state index contributed by atoms with van der Waals surface area (Å²) < 4.78 is 23.8. The number of hydrogen-bond donors (Lipinski definition) is 2. The third-order valence-corrected chi connectivity index (χ3v) is 6.28. The quantitative estimate of drug-likeness (QED) is 0.682. The lowest BCUT2D eigenvalue weighted by molar-refractivity contribution is 0.114. The van der Waals surface area contributed by atoms with E-state index in [0.29, 0.717) is 24.7 Å². The summed E-state index contributed by atoms with van der Waals surface area (Å²) in [6, 6.07) is 13.8. The Labute approximate surface area is 175 Å². The van der Waals surface area contributed by atoms with Crippen LogP contribution in [0.2, 0.25) is 0 Å². The number of rotatable bonds is 7. The Bertz CT molecular complexity index is 935. The molecule has 2 aromatic carbocycles. The van der Waals surface area contributed by atoms with Gasteiger partial charge in [0.2, 0.25) is 0 Å². The predicted molar refractivity (Wildman–Crippen MR) is 110 cm³/mol. The highest BCUT2D eigenvalue weighted by atomic mass is 16.6. The second kappa shape index (κ2) is 7.72. The van der Waals surface area contributed by atoms with E-state index < -0.39 is 0 Å². The number of nitrogens with one attached hydrogen (secondary N) is 1. The first-order chi connectivity index (χ1) is 14.7. The van der Waals surface area contributed by atoms with Gasteiger partial charge in [-0.15, -0.1) is 0 Å². The number of carbonyl (C=O) groups excluding carboxylic acids is 1. The number of benzene rings is 2. The molecular formula is C23H26N2O5. The molecule has 1 amide bonds. The minimum Gasteiger partial charge on any atom is -0.496 e. The summed E-state index contributed by atoms with van der Waals surface area (Å²) in [6.45, 7) is 1.24. The van der Waals surface area contributed by atoms with Crippen LogP contribution in [0.5, 0.6) is 17.2 Å². The van der Waals surface area contributed by atoms with Crippen molar-refractivity contribution in [3.05, 3.63) is 53.6 Å². The van der Waals surface area contributed by atoms with Crippen LogP contribution >= 0.6 is 0 Å². The van der Waals surface area contributed by atoms with Crippen LogP contribution in [-0.2, 0) is 4.74 Å². The maximum absolute atomic E-state index is 12.1. The Balaban J connectivity index is 1.50. The Hall–Kier alpha value is -2.93. The van der Waals surface area contributed by atoms with Crippen molar-refractivity contribution in [2.75, 3.05) is 20.3 Å². The number of ether oxygens (including phenoxy) is 4. The molecule has 0 radical (unpaired) electrons. The van der Waals surface area contributed by atoms with E-state index in [1.54, 1.807) is 7.11 Å². The van der Waals surface area contributed by atoms with E-state index in [4.69, 9.17) is 24.7 Å². The molecule has 1 saturated carbocycles. The molecule has 1 aliphatic carbocycles. The van der Waals surface area contributed by atoms with Gasteiger partial charge in [0.05, 0.1) is 25.7 Å². The first-order valence-corrected chi connectivity index (χ1v) is 10.4. The Kier molecular flexibility index (Phi) is 4.90. The van der Waals surface area contributed by atoms with Crippen LogP contribution in [0, 0.1) is 0 Å². The molecule has 2 fully saturated rings. The molecule has 5 atom stereocenters. The van der Waals surface area contributed by atoms with Crippen LogP contribution in [-0.4, -0.2) is 44.6 Å². The molecule has 2 aromatic rings. The lowest BCUT2D eigenvalue weighted by Gasteiger charge is -2.22. The first kappa shape index (κ1) is 19.1. The van der Waals surface area contributed by atoms with Gasteiger partial charge >= 0.3 is 6.09 Å². The number of alkyl carbamates (subject to hydrolysis) is 1. The topological polar surface area (TPSA) is 92.0 Å². The van der Waals surface area contributed by atoms with Crippen molar-refractivity contribution in [2.45, 2.75) is 42.9 Å². The molecule has 2 aliphatic heterocycles. The van der Waals surface area contributed by atoms with Crippen molar-refractivity contribution >= 4 is 6.09 Å². The van der Waals surface area contributed by atoms with Crippen LogP contribution in [0.25, 0.3) is 0 Å². The van der Waals surface area contributed by atoms with E-state index in [1.165, 1.54) is 0 Å². The Morgan fingerprint density at radius 3 is 2.67 bits per heavy atom. The summed E-state index contributed by atoms with van der Waals surface area (Å²) in [6.07, 6.45) is 0.974. The smallest absolute Gasteiger partial charge is 0.407 e. The van der Waals surface area contributed by atoms with Gasteiger partial charge in [-0.25, -0.2) is 4.79 Å². The molecular weight excluding hydrogens is 384 g/mol. The van der Waals surface area contributed by atoms with Crippen LogP contribution in [0.3, 0.4) is 0 Å². The van der Waals surface area contributed by atoms with Crippen LogP contribution in [0.15, 0.2) is 42.5 Å². The summed E-state index contributed by atoms with van der Waals surface area (Å²) >= 11 is 0. The molecule has 0 spiro atoms. The number of fused-ring (bicyclic) bond motifs is 5. The molecule has 7 heteroatoms. The van der Waals surface area contributed by atoms with Gasteiger partial charge in [0.15, 0.2) is 0 Å². The lowest BCUT2D eigenvalue weighted by Crippen LogP contribution is -2.35. The van der Waals surface area contributed by atoms with E-state index >= 15 is 0 Å². The molecule has 5 rings (SSSR count). The van der Waals surface area contributed by atoms with Gasteiger partial charge in [0.1, 0.15) is 29.5 Å². The summed E-state index contributed by atoms with van der Waals surface area (Å²) in [5.74, 6) is 2.02. The zero-order valence-corrected chi connectivity index (χ0v) is 16.9. The van der Waals surface area contributed by atoms with Gasteiger partial charge in [0.25, 0.3) is 0 Å². The van der Waals surface area contributed by atoms with Gasteiger partial charge in [-0.05, 0) is 24.9 Å². The third kappa shape index (κ3) is 3.04. The zero-order chi connectivity index (χ0) is 20.7. The minimum atomic E-state index is -0.378. The highest BCUT2D eigenvalue weighted by molar-refractivity contribution is 5.72. The molecule has 2 heterocycles. The summed E-state index contributed by atoms with van der Waals surface area (Å²) in [4.78, 5) is 12.1. The number of carbonyl (C=O) groups is 1. The molecule has 0 bridgehead atoms. The van der Waals surface area contributed by atoms with E-state index in [-0.39, 0.29) is 36.2 Å². The monoisotopic (exact) mass is 410 g/mol. The molecule has 3 N–H and O–H groups in total. The second-order valence-corrected chi connectivity index (χ2v) is 7.97. The highest BCUT2D eigenvalue weighted by Crippen LogP contribution is 2.58. The van der Waals surface area contributed by atoms with E-state index in [2.05, 4.69) is 17.4 Å². The average molecular weight is 410 g/mol. The summed E-state index contributed by atoms with van der Waals surface area (Å²) in [7, 11) is 1.64. The highest BCUT2D eigenvalue weighted by Gasteiger charge is 2.62. The minimum absolute atomic E-state index is 0.0151. The fraction of sp³-hybridized carbons (Fsp3) is 0.435. The largest absolute Gasteiger partial charge is 0.496 e. The van der Waals surface area contributed by atoms with E-state index in [0.717, 1.165) is 29.7 Å². The Morgan fingerprint density at radius 1 is 1.07 bits per heavy atom. The summed E-state index contributed by atoms with van der Waals surface area (Å²) in [5.41, 5.74) is 7.62. The first-order valence-electron chi connectivity index (χ1n) is 10.4.